The smallest absolute Gasteiger partial charge is 0.338 e. The Balaban J connectivity index is 1.18. The summed E-state index contributed by atoms with van der Waals surface area (Å²) in [4.78, 5) is 25.7. The van der Waals surface area contributed by atoms with E-state index in [-0.39, 0.29) is 42.4 Å². The summed E-state index contributed by atoms with van der Waals surface area (Å²) in [5, 5.41) is 0. The van der Waals surface area contributed by atoms with Gasteiger partial charge in [-0.25, -0.2) is 13.6 Å². The van der Waals surface area contributed by atoms with Crippen molar-refractivity contribution in [3.05, 3.63) is 102 Å². The maximum absolute atomic E-state index is 14.5. The van der Waals surface area contributed by atoms with E-state index in [1.54, 1.807) is 12.1 Å². The molecule has 0 spiro atoms. The van der Waals surface area contributed by atoms with E-state index in [1.807, 2.05) is 68.5 Å². The lowest BCUT2D eigenvalue weighted by molar-refractivity contribution is -0.183. The van der Waals surface area contributed by atoms with Crippen LogP contribution in [0, 0.1) is 29.4 Å². The molecule has 0 amide bonds. The molecule has 2 heterocycles. The topological polar surface area (TPSA) is 89.5 Å². The second kappa shape index (κ2) is 19.5. The van der Waals surface area contributed by atoms with Crippen molar-refractivity contribution in [3.8, 4) is 16.9 Å². The van der Waals surface area contributed by atoms with Gasteiger partial charge < -0.3 is 28.4 Å². The van der Waals surface area contributed by atoms with Gasteiger partial charge in [-0.1, -0.05) is 54.6 Å². The number of hydrogen-bond acceptors (Lipinski definition) is 8. The molecule has 0 radical (unpaired) electrons. The first-order chi connectivity index (χ1) is 26.2. The molecule has 3 aromatic rings. The van der Waals surface area contributed by atoms with Gasteiger partial charge in [-0.05, 0) is 106 Å². The predicted octanol–water partition coefficient (Wildman–Crippen LogP) is 9.26. The molecular formula is C44H52F2O8. The highest BCUT2D eigenvalue weighted by atomic mass is 19.1. The molecule has 3 aromatic carbocycles. The Morgan fingerprint density at radius 3 is 2.48 bits per heavy atom. The van der Waals surface area contributed by atoms with Crippen molar-refractivity contribution in [1.29, 1.82) is 0 Å². The predicted molar refractivity (Wildman–Crippen MR) is 200 cm³/mol. The van der Waals surface area contributed by atoms with Crippen LogP contribution >= 0.6 is 0 Å². The van der Waals surface area contributed by atoms with Crippen LogP contribution in [0.3, 0.4) is 0 Å². The van der Waals surface area contributed by atoms with E-state index in [1.165, 1.54) is 0 Å². The lowest BCUT2D eigenvalue weighted by atomic mass is 9.86. The Morgan fingerprint density at radius 1 is 0.926 bits per heavy atom. The minimum atomic E-state index is -0.669. The van der Waals surface area contributed by atoms with Crippen molar-refractivity contribution < 1.29 is 46.8 Å². The van der Waals surface area contributed by atoms with Crippen LogP contribution in [0.4, 0.5) is 8.78 Å². The number of esters is 2. The Hall–Kier alpha value is -4.12. The van der Waals surface area contributed by atoms with Gasteiger partial charge in [0.25, 0.3) is 0 Å². The van der Waals surface area contributed by atoms with E-state index in [2.05, 4.69) is 0 Å². The van der Waals surface area contributed by atoms with Crippen molar-refractivity contribution in [2.75, 3.05) is 19.8 Å². The number of carbonyl (C=O) groups excluding carboxylic acids is 2. The summed E-state index contributed by atoms with van der Waals surface area (Å²) >= 11 is 0. The summed E-state index contributed by atoms with van der Waals surface area (Å²) in [6.45, 7) is 4.77. The highest BCUT2D eigenvalue weighted by Gasteiger charge is 2.46. The van der Waals surface area contributed by atoms with Crippen LogP contribution < -0.4 is 4.74 Å². The lowest BCUT2D eigenvalue weighted by Gasteiger charge is -2.27. The molecule has 290 valence electrons. The third-order valence-corrected chi connectivity index (χ3v) is 10.5. The van der Waals surface area contributed by atoms with E-state index in [0.29, 0.717) is 44.0 Å². The van der Waals surface area contributed by atoms with Crippen LogP contribution in [-0.4, -0.2) is 62.5 Å². The Morgan fingerprint density at radius 2 is 1.72 bits per heavy atom. The summed E-state index contributed by atoms with van der Waals surface area (Å²) in [5.41, 5.74) is 2.52. The summed E-state index contributed by atoms with van der Waals surface area (Å²) in [7, 11) is 0. The molecule has 6 rings (SSSR count). The normalized spacial score (nSPS) is 24.8. The zero-order valence-corrected chi connectivity index (χ0v) is 31.2. The molecule has 10 heteroatoms. The first-order valence-electron chi connectivity index (χ1n) is 19.4. The van der Waals surface area contributed by atoms with Gasteiger partial charge in [0.05, 0.1) is 17.8 Å². The molecule has 0 aromatic heterocycles. The van der Waals surface area contributed by atoms with E-state index < -0.39 is 36.1 Å². The highest BCUT2D eigenvalue weighted by Crippen LogP contribution is 2.44. The molecule has 7 atom stereocenters. The molecular weight excluding hydrogens is 694 g/mol. The molecule has 1 aliphatic carbocycles. The van der Waals surface area contributed by atoms with Crippen LogP contribution in [0.5, 0.6) is 5.75 Å². The van der Waals surface area contributed by atoms with Gasteiger partial charge in [-0.3, -0.25) is 4.79 Å². The lowest BCUT2D eigenvalue weighted by Crippen LogP contribution is -2.31. The largest absolute Gasteiger partial charge is 0.487 e. The van der Waals surface area contributed by atoms with Gasteiger partial charge in [0.1, 0.15) is 24.6 Å². The second-order valence-corrected chi connectivity index (χ2v) is 14.9. The maximum atomic E-state index is 14.5. The molecule has 2 saturated heterocycles. The molecule has 0 N–H and O–H groups in total. The quantitative estimate of drug-likeness (QED) is 0.112. The number of halogens is 2. The Labute approximate surface area is 317 Å². The van der Waals surface area contributed by atoms with Gasteiger partial charge in [0.2, 0.25) is 0 Å². The first kappa shape index (κ1) is 39.6. The molecule has 2 aliphatic heterocycles. The molecule has 5 unspecified atom stereocenters. The van der Waals surface area contributed by atoms with Gasteiger partial charge in [-0.2, -0.15) is 0 Å². The number of carbonyl (C=O) groups is 2. The second-order valence-electron chi connectivity index (χ2n) is 14.9. The summed E-state index contributed by atoms with van der Waals surface area (Å²) in [5.74, 6) is -1.91. The Kier molecular flexibility index (Phi) is 14.3. The molecule has 3 fully saturated rings. The third kappa shape index (κ3) is 11.2. The highest BCUT2D eigenvalue weighted by molar-refractivity contribution is 5.90. The fourth-order valence-corrected chi connectivity index (χ4v) is 7.70. The van der Waals surface area contributed by atoms with Crippen molar-refractivity contribution in [1.82, 2.24) is 0 Å². The molecule has 1 saturated carbocycles. The molecule has 0 bridgehead atoms. The Bertz CT molecular complexity index is 1670. The van der Waals surface area contributed by atoms with E-state index in [4.69, 9.17) is 28.4 Å². The third-order valence-electron chi connectivity index (χ3n) is 10.5. The van der Waals surface area contributed by atoms with E-state index in [9.17, 15) is 18.4 Å². The van der Waals surface area contributed by atoms with E-state index >= 15 is 0 Å². The monoisotopic (exact) mass is 746 g/mol. The van der Waals surface area contributed by atoms with E-state index in [0.717, 1.165) is 67.9 Å². The summed E-state index contributed by atoms with van der Waals surface area (Å²) in [6, 6.07) is 20.5. The van der Waals surface area contributed by atoms with Crippen molar-refractivity contribution in [2.45, 2.75) is 102 Å². The SMILES string of the molecule is CC(C)OC(=O)CCCC1CCC2C(C=C[C@H](COc3cc(F)ccc3F)OC3CCCCO3)C(OC(=O)c3ccc(-c4ccccc4)cc3)C[C@@H]2OC1. The van der Waals surface area contributed by atoms with Gasteiger partial charge in [0, 0.05) is 38.0 Å². The minimum absolute atomic E-state index is 0.0589. The minimum Gasteiger partial charge on any atom is -0.487 e. The van der Waals surface area contributed by atoms with Crippen molar-refractivity contribution >= 4 is 11.9 Å². The number of benzene rings is 3. The average molecular weight is 747 g/mol. The van der Waals surface area contributed by atoms with Crippen LogP contribution in [0.2, 0.25) is 0 Å². The zero-order valence-electron chi connectivity index (χ0n) is 31.2. The van der Waals surface area contributed by atoms with Gasteiger partial charge >= 0.3 is 11.9 Å². The van der Waals surface area contributed by atoms with Crippen LogP contribution in [0.25, 0.3) is 11.1 Å². The van der Waals surface area contributed by atoms with Gasteiger partial charge in [-0.15, -0.1) is 0 Å². The summed E-state index contributed by atoms with van der Waals surface area (Å²) in [6.07, 6.45) is 8.92. The number of ether oxygens (including phenoxy) is 6. The van der Waals surface area contributed by atoms with Crippen LogP contribution in [0.15, 0.2) is 84.9 Å². The standard InChI is InChI=1S/C44H52F2O8/c1-29(2)52-42(47)12-8-9-30-14-21-36-37(22-20-35(53-43-13-6-7-24-49-43)28-51-41-25-34(45)19-23-38(41)46)40(26-39(36)50-27-30)54-44(48)33-17-15-32(16-18-33)31-10-4-3-5-11-31/h3-5,10-11,15-20,22-23,25,29-30,35-37,39-40,43H,6-9,12-14,21,24,26-28H2,1-2H3/t30?,35-,36?,37?,39+,40?,43?/m1/s1. The van der Waals surface area contributed by atoms with Crippen molar-refractivity contribution in [3.63, 3.8) is 0 Å². The maximum Gasteiger partial charge on any atom is 0.338 e. The number of hydrogen-bond donors (Lipinski definition) is 0. The number of fused-ring (bicyclic) bond motifs is 1. The average Bonchev–Trinajstić information content (AvgIpc) is 3.37. The van der Waals surface area contributed by atoms with Gasteiger partial charge in [0.15, 0.2) is 17.9 Å². The number of rotatable bonds is 15. The van der Waals surface area contributed by atoms with Crippen LogP contribution in [-0.2, 0) is 28.5 Å². The summed E-state index contributed by atoms with van der Waals surface area (Å²) < 4.78 is 64.5. The molecule has 3 aliphatic rings. The fraction of sp³-hybridized carbons (Fsp3) is 0.500. The zero-order chi connectivity index (χ0) is 37.9. The van der Waals surface area contributed by atoms with Crippen LogP contribution in [0.1, 0.15) is 82.0 Å². The van der Waals surface area contributed by atoms with Crippen molar-refractivity contribution in [2.24, 2.45) is 17.8 Å². The fourth-order valence-electron chi connectivity index (χ4n) is 7.70. The molecule has 54 heavy (non-hydrogen) atoms. The molecule has 8 nitrogen and oxygen atoms in total. The first-order valence-corrected chi connectivity index (χ1v) is 19.4.